The number of rotatable bonds is 3. The number of halogens is 1. The molecule has 0 aliphatic rings. The molecule has 0 aliphatic heterocycles. The summed E-state index contributed by atoms with van der Waals surface area (Å²) in [5, 5.41) is 8.89. The van der Waals surface area contributed by atoms with Crippen molar-refractivity contribution in [3.8, 4) is 11.5 Å². The number of nitrogens with zero attached hydrogens (tertiary/aromatic N) is 1. The number of carbonyl (C=O) groups is 1. The minimum Gasteiger partial charge on any atom is -0.478 e. The number of pyridine rings is 1. The Kier molecular flexibility index (Phi) is 3.39. The number of aromatic nitrogens is 1. The van der Waals surface area contributed by atoms with Gasteiger partial charge >= 0.3 is 5.97 Å². The third kappa shape index (κ3) is 2.82. The van der Waals surface area contributed by atoms with E-state index in [0.29, 0.717) is 16.0 Å². The zero-order chi connectivity index (χ0) is 12.3. The molecule has 5 heteroatoms. The van der Waals surface area contributed by atoms with E-state index in [1.165, 1.54) is 12.1 Å². The maximum Gasteiger partial charge on any atom is 0.335 e. The lowest BCUT2D eigenvalue weighted by molar-refractivity contribution is 0.0696. The Morgan fingerprint density at radius 1 is 1.24 bits per heavy atom. The van der Waals surface area contributed by atoms with Crippen molar-refractivity contribution in [3.63, 3.8) is 0 Å². The molecule has 0 atom stereocenters. The number of aromatic carboxylic acids is 1. The number of hydrogen-bond acceptors (Lipinski definition) is 3. The predicted octanol–water partition coefficient (Wildman–Crippen LogP) is 3.33. The number of hydrogen-bond donors (Lipinski definition) is 1. The molecule has 1 aromatic carbocycles. The summed E-state index contributed by atoms with van der Waals surface area (Å²) in [6.07, 6.45) is 3.20. The monoisotopic (exact) mass is 293 g/mol. The van der Waals surface area contributed by atoms with Crippen molar-refractivity contribution in [3.05, 3.63) is 52.8 Å². The van der Waals surface area contributed by atoms with Gasteiger partial charge in [-0.2, -0.15) is 0 Å². The molecule has 0 unspecified atom stereocenters. The van der Waals surface area contributed by atoms with Crippen molar-refractivity contribution >= 4 is 21.9 Å². The van der Waals surface area contributed by atoms with Crippen LogP contribution in [0.2, 0.25) is 0 Å². The second-order valence-electron chi connectivity index (χ2n) is 3.24. The average molecular weight is 294 g/mol. The van der Waals surface area contributed by atoms with Gasteiger partial charge < -0.3 is 9.84 Å². The van der Waals surface area contributed by atoms with Crippen molar-refractivity contribution in [2.24, 2.45) is 0 Å². The molecule has 0 saturated carbocycles. The van der Waals surface area contributed by atoms with Crippen molar-refractivity contribution in [1.29, 1.82) is 0 Å². The zero-order valence-corrected chi connectivity index (χ0v) is 10.2. The summed E-state index contributed by atoms with van der Waals surface area (Å²) in [7, 11) is 0. The summed E-state index contributed by atoms with van der Waals surface area (Å²) < 4.78 is 6.24. The molecule has 0 fully saturated rings. The van der Waals surface area contributed by atoms with E-state index in [9.17, 15) is 4.79 Å². The standard InChI is InChI=1S/C12H8BrNO3/c13-10-2-1-8(12(15)16)7-11(10)17-9-3-5-14-6-4-9/h1-7H,(H,15,16). The van der Waals surface area contributed by atoms with Gasteiger partial charge in [0.15, 0.2) is 0 Å². The normalized spacial score (nSPS) is 9.94. The Morgan fingerprint density at radius 2 is 1.94 bits per heavy atom. The second-order valence-corrected chi connectivity index (χ2v) is 4.09. The smallest absolute Gasteiger partial charge is 0.335 e. The molecule has 86 valence electrons. The van der Waals surface area contributed by atoms with Gasteiger partial charge in [0, 0.05) is 12.4 Å². The number of carboxylic acids is 1. The Labute approximate surface area is 106 Å². The molecule has 1 aromatic heterocycles. The molecular weight excluding hydrogens is 286 g/mol. The van der Waals surface area contributed by atoms with E-state index in [2.05, 4.69) is 20.9 Å². The highest BCUT2D eigenvalue weighted by atomic mass is 79.9. The summed E-state index contributed by atoms with van der Waals surface area (Å²) in [6, 6.07) is 8.00. The van der Waals surface area contributed by atoms with E-state index in [-0.39, 0.29) is 5.56 Å². The number of ether oxygens (including phenoxy) is 1. The first-order valence-corrected chi connectivity index (χ1v) is 5.57. The van der Waals surface area contributed by atoms with Crippen LogP contribution in [-0.4, -0.2) is 16.1 Å². The van der Waals surface area contributed by atoms with Gasteiger partial charge in [-0.3, -0.25) is 4.98 Å². The highest BCUT2D eigenvalue weighted by Crippen LogP contribution is 2.30. The van der Waals surface area contributed by atoms with Crippen molar-refractivity contribution < 1.29 is 14.6 Å². The quantitative estimate of drug-likeness (QED) is 0.943. The van der Waals surface area contributed by atoms with Crippen LogP contribution < -0.4 is 4.74 Å². The minimum absolute atomic E-state index is 0.178. The van der Waals surface area contributed by atoms with E-state index in [1.807, 2.05) is 0 Å². The Balaban J connectivity index is 2.32. The first-order chi connectivity index (χ1) is 8.16. The van der Waals surface area contributed by atoms with Gasteiger partial charge in [0.25, 0.3) is 0 Å². The first kappa shape index (κ1) is 11.6. The number of benzene rings is 1. The highest BCUT2D eigenvalue weighted by molar-refractivity contribution is 9.10. The lowest BCUT2D eigenvalue weighted by Gasteiger charge is -2.08. The van der Waals surface area contributed by atoms with E-state index < -0.39 is 5.97 Å². The fourth-order valence-electron chi connectivity index (χ4n) is 1.25. The van der Waals surface area contributed by atoms with E-state index in [0.717, 1.165) is 0 Å². The van der Waals surface area contributed by atoms with Gasteiger partial charge in [0.05, 0.1) is 10.0 Å². The molecule has 0 saturated heterocycles. The second kappa shape index (κ2) is 4.97. The van der Waals surface area contributed by atoms with E-state index >= 15 is 0 Å². The summed E-state index contributed by atoms with van der Waals surface area (Å²) in [4.78, 5) is 14.7. The topological polar surface area (TPSA) is 59.4 Å². The van der Waals surface area contributed by atoms with E-state index in [1.54, 1.807) is 30.6 Å². The predicted molar refractivity (Wildman–Crippen MR) is 65.4 cm³/mol. The Bertz CT molecular complexity index is 543. The van der Waals surface area contributed by atoms with Gasteiger partial charge in [-0.15, -0.1) is 0 Å². The molecule has 1 N–H and O–H groups in total. The molecule has 4 nitrogen and oxygen atoms in total. The van der Waals surface area contributed by atoms with Gasteiger partial charge in [-0.1, -0.05) is 0 Å². The fourth-order valence-corrected chi connectivity index (χ4v) is 1.58. The van der Waals surface area contributed by atoms with Crippen molar-refractivity contribution in [1.82, 2.24) is 4.98 Å². The molecular formula is C12H8BrNO3. The summed E-state index contributed by atoms with van der Waals surface area (Å²) >= 11 is 3.30. The van der Waals surface area contributed by atoms with Crippen LogP contribution in [0.5, 0.6) is 11.5 Å². The molecule has 17 heavy (non-hydrogen) atoms. The maximum absolute atomic E-state index is 10.8. The molecule has 0 amide bonds. The molecule has 2 aromatic rings. The lowest BCUT2D eigenvalue weighted by atomic mass is 10.2. The summed E-state index contributed by atoms with van der Waals surface area (Å²) in [6.45, 7) is 0. The van der Waals surface area contributed by atoms with Crippen LogP contribution in [-0.2, 0) is 0 Å². The van der Waals surface area contributed by atoms with Crippen LogP contribution in [0, 0.1) is 0 Å². The first-order valence-electron chi connectivity index (χ1n) is 4.77. The van der Waals surface area contributed by atoms with Crippen LogP contribution in [0.4, 0.5) is 0 Å². The molecule has 0 bridgehead atoms. The SMILES string of the molecule is O=C(O)c1ccc(Br)c(Oc2ccncc2)c1. The van der Waals surface area contributed by atoms with Crippen molar-refractivity contribution in [2.75, 3.05) is 0 Å². The molecule has 1 heterocycles. The Hall–Kier alpha value is -1.88. The third-order valence-electron chi connectivity index (χ3n) is 2.06. The molecule has 0 aliphatic carbocycles. The molecule has 0 radical (unpaired) electrons. The van der Waals surface area contributed by atoms with Gasteiger partial charge in [-0.25, -0.2) is 4.79 Å². The van der Waals surface area contributed by atoms with Crippen LogP contribution in [0.25, 0.3) is 0 Å². The van der Waals surface area contributed by atoms with E-state index in [4.69, 9.17) is 9.84 Å². The van der Waals surface area contributed by atoms with Crippen molar-refractivity contribution in [2.45, 2.75) is 0 Å². The van der Waals surface area contributed by atoms with Crippen LogP contribution in [0.3, 0.4) is 0 Å². The lowest BCUT2D eigenvalue weighted by Crippen LogP contribution is -1.96. The Morgan fingerprint density at radius 3 is 2.59 bits per heavy atom. The summed E-state index contributed by atoms with van der Waals surface area (Å²) in [5.74, 6) is 0.0661. The molecule has 2 rings (SSSR count). The summed E-state index contributed by atoms with van der Waals surface area (Å²) in [5.41, 5.74) is 0.178. The van der Waals surface area contributed by atoms with Gasteiger partial charge in [-0.05, 0) is 46.3 Å². The van der Waals surface area contributed by atoms with Crippen LogP contribution >= 0.6 is 15.9 Å². The average Bonchev–Trinajstić information content (AvgIpc) is 2.33. The van der Waals surface area contributed by atoms with Gasteiger partial charge in [0.2, 0.25) is 0 Å². The minimum atomic E-state index is -0.989. The fraction of sp³-hybridized carbons (Fsp3) is 0. The van der Waals surface area contributed by atoms with Crippen LogP contribution in [0.15, 0.2) is 47.2 Å². The highest BCUT2D eigenvalue weighted by Gasteiger charge is 2.08. The van der Waals surface area contributed by atoms with Gasteiger partial charge in [0.1, 0.15) is 11.5 Å². The van der Waals surface area contributed by atoms with Crippen LogP contribution in [0.1, 0.15) is 10.4 Å². The third-order valence-corrected chi connectivity index (χ3v) is 2.71. The number of carboxylic acid groups (broad SMARTS) is 1. The molecule has 0 spiro atoms. The largest absolute Gasteiger partial charge is 0.478 e. The zero-order valence-electron chi connectivity index (χ0n) is 8.63. The maximum atomic E-state index is 10.8.